The summed E-state index contributed by atoms with van der Waals surface area (Å²) in [5.41, 5.74) is 24.3. The molecule has 0 unspecified atom stereocenters. The highest BCUT2D eigenvalue weighted by molar-refractivity contribution is 7.00. The van der Waals surface area contributed by atoms with E-state index < -0.39 is 0 Å². The van der Waals surface area contributed by atoms with Crippen LogP contribution in [0.15, 0.2) is 101 Å². The Morgan fingerprint density at radius 2 is 0.877 bits per heavy atom. The smallest absolute Gasteiger partial charge is 0.252 e. The van der Waals surface area contributed by atoms with Crippen molar-refractivity contribution in [2.24, 2.45) is 0 Å². The molecular formula is C61H67BN2O. The van der Waals surface area contributed by atoms with Crippen LogP contribution in [0.3, 0.4) is 0 Å². The van der Waals surface area contributed by atoms with Gasteiger partial charge in [-0.3, -0.25) is 0 Å². The van der Waals surface area contributed by atoms with Crippen LogP contribution in [0.1, 0.15) is 161 Å². The number of rotatable bonds is 2. The van der Waals surface area contributed by atoms with Crippen molar-refractivity contribution < 1.29 is 4.42 Å². The Morgan fingerprint density at radius 3 is 1.45 bits per heavy atom. The van der Waals surface area contributed by atoms with Crippen LogP contribution in [-0.4, -0.2) is 6.71 Å². The van der Waals surface area contributed by atoms with Crippen LogP contribution in [0, 0.1) is 6.92 Å². The van der Waals surface area contributed by atoms with Gasteiger partial charge in [-0.15, -0.1) is 0 Å². The van der Waals surface area contributed by atoms with Gasteiger partial charge in [0.25, 0.3) is 6.71 Å². The molecule has 0 bridgehead atoms. The average molecular weight is 855 g/mol. The molecule has 330 valence electrons. The molecular weight excluding hydrogens is 787 g/mol. The van der Waals surface area contributed by atoms with Crippen LogP contribution in [0.5, 0.6) is 0 Å². The molecule has 6 aromatic carbocycles. The average Bonchev–Trinajstić information content (AvgIpc) is 3.64. The van der Waals surface area contributed by atoms with Gasteiger partial charge in [0.2, 0.25) is 0 Å². The van der Waals surface area contributed by atoms with Gasteiger partial charge < -0.3 is 14.2 Å². The molecule has 0 saturated heterocycles. The first-order valence-corrected chi connectivity index (χ1v) is 24.8. The number of aryl methyl sites for hydroxylation is 1. The van der Waals surface area contributed by atoms with Crippen molar-refractivity contribution in [2.75, 3.05) is 9.80 Å². The van der Waals surface area contributed by atoms with Gasteiger partial charge in [-0.1, -0.05) is 132 Å². The summed E-state index contributed by atoms with van der Waals surface area (Å²) < 4.78 is 6.97. The summed E-state index contributed by atoms with van der Waals surface area (Å²) >= 11 is 0. The summed E-state index contributed by atoms with van der Waals surface area (Å²) in [6.45, 7) is 32.1. The summed E-state index contributed by atoms with van der Waals surface area (Å²) in [6, 6.07) is 38.6. The van der Waals surface area contributed by atoms with Crippen molar-refractivity contribution in [3.05, 3.63) is 136 Å². The summed E-state index contributed by atoms with van der Waals surface area (Å²) in [4.78, 5) is 5.32. The van der Waals surface area contributed by atoms with E-state index in [1.807, 2.05) is 0 Å². The molecule has 0 fully saturated rings. The number of nitrogens with zero attached hydrogens (tertiary/aromatic N) is 2. The minimum atomic E-state index is 0.0401. The van der Waals surface area contributed by atoms with Crippen LogP contribution in [0.25, 0.3) is 21.9 Å². The number of hydrogen-bond donors (Lipinski definition) is 0. The Labute approximate surface area is 388 Å². The second-order valence-corrected chi connectivity index (χ2v) is 25.0. The fourth-order valence-corrected chi connectivity index (χ4v) is 13.4. The molecule has 3 heterocycles. The molecule has 1 aromatic heterocycles. The first kappa shape index (κ1) is 41.2. The summed E-state index contributed by atoms with van der Waals surface area (Å²) in [5, 5.41) is 2.32. The van der Waals surface area contributed by atoms with Gasteiger partial charge >= 0.3 is 0 Å². The lowest BCUT2D eigenvalue weighted by molar-refractivity contribution is 0.332. The minimum absolute atomic E-state index is 0.0401. The third-order valence-corrected chi connectivity index (χ3v) is 17.9. The highest BCUT2D eigenvalue weighted by Crippen LogP contribution is 2.55. The van der Waals surface area contributed by atoms with Gasteiger partial charge in [0.15, 0.2) is 5.58 Å². The number of para-hydroxylation sites is 2. The zero-order chi connectivity index (χ0) is 45.5. The molecule has 4 heteroatoms. The Hall–Kier alpha value is -5.22. The lowest BCUT2D eigenvalue weighted by Gasteiger charge is -2.49. The third-order valence-electron chi connectivity index (χ3n) is 17.9. The molecule has 12 rings (SSSR count). The van der Waals surface area contributed by atoms with Gasteiger partial charge in [-0.2, -0.15) is 0 Å². The van der Waals surface area contributed by atoms with Crippen molar-refractivity contribution in [2.45, 2.75) is 161 Å². The van der Waals surface area contributed by atoms with Gasteiger partial charge in [0.05, 0.1) is 5.69 Å². The van der Waals surface area contributed by atoms with Crippen molar-refractivity contribution in [3.8, 4) is 0 Å². The Balaban J connectivity index is 1.23. The molecule has 0 spiro atoms. The Kier molecular flexibility index (Phi) is 8.26. The van der Waals surface area contributed by atoms with Crippen LogP contribution < -0.4 is 26.2 Å². The Bertz CT molecular complexity index is 3210. The predicted molar refractivity (Wildman–Crippen MR) is 278 cm³/mol. The van der Waals surface area contributed by atoms with Crippen LogP contribution in [-0.2, 0) is 32.5 Å². The van der Waals surface area contributed by atoms with E-state index in [1.54, 1.807) is 0 Å². The summed E-state index contributed by atoms with van der Waals surface area (Å²) in [5.74, 6) is 0. The standard InChI is InChI=1S/C61H67BN2O/c1-36-29-51-54-52(30-36)64(48-19-16-18-39-38-17-14-15-20-53(38)65-55(39)48)50-35-45-43(59(8,9)26-28-61(45,12)13)33-47(50)62(54)46-32-42-44(60(10,11)27-25-58(42,6)7)34-49(46)63(51)37-21-22-40-41(31-37)57(4,5)24-23-56(40,2)3/h14-22,29-35H,23-28H2,1-13H3. The van der Waals surface area contributed by atoms with Crippen molar-refractivity contribution in [1.29, 1.82) is 0 Å². The molecule has 0 saturated carbocycles. The zero-order valence-electron chi connectivity index (χ0n) is 41.4. The van der Waals surface area contributed by atoms with E-state index >= 15 is 0 Å². The fraction of sp³-hybridized carbons (Fsp3) is 0.410. The number of hydrogen-bond acceptors (Lipinski definition) is 3. The first-order valence-electron chi connectivity index (χ1n) is 24.8. The third kappa shape index (κ3) is 5.74. The molecule has 3 aliphatic carbocycles. The molecule has 2 aliphatic heterocycles. The van der Waals surface area contributed by atoms with Crippen molar-refractivity contribution >= 4 is 79.2 Å². The quantitative estimate of drug-likeness (QED) is 0.162. The van der Waals surface area contributed by atoms with E-state index in [-0.39, 0.29) is 39.2 Å². The van der Waals surface area contributed by atoms with E-state index in [0.717, 1.165) is 34.0 Å². The highest BCUT2D eigenvalue weighted by Gasteiger charge is 2.49. The van der Waals surface area contributed by atoms with Gasteiger partial charge in [0, 0.05) is 39.2 Å². The fourth-order valence-electron chi connectivity index (χ4n) is 13.4. The normalized spacial score (nSPS) is 21.0. The molecule has 65 heavy (non-hydrogen) atoms. The predicted octanol–water partition coefficient (Wildman–Crippen LogP) is 15.0. The largest absolute Gasteiger partial charge is 0.454 e. The van der Waals surface area contributed by atoms with Gasteiger partial charge in [-0.05, 0) is 182 Å². The minimum Gasteiger partial charge on any atom is -0.454 e. The highest BCUT2D eigenvalue weighted by atomic mass is 16.3. The molecule has 3 nitrogen and oxygen atoms in total. The van der Waals surface area contributed by atoms with Crippen molar-refractivity contribution in [1.82, 2.24) is 0 Å². The van der Waals surface area contributed by atoms with E-state index in [2.05, 4.69) is 197 Å². The van der Waals surface area contributed by atoms with Gasteiger partial charge in [-0.25, -0.2) is 0 Å². The molecule has 0 atom stereocenters. The Morgan fingerprint density at radius 1 is 0.415 bits per heavy atom. The maximum atomic E-state index is 6.97. The summed E-state index contributed by atoms with van der Waals surface area (Å²) in [6.07, 6.45) is 7.08. The number of fused-ring (bicyclic) bond motifs is 10. The van der Waals surface area contributed by atoms with E-state index in [4.69, 9.17) is 4.42 Å². The first-order chi connectivity index (χ1) is 30.6. The molecule has 0 amide bonds. The van der Waals surface area contributed by atoms with E-state index in [9.17, 15) is 0 Å². The molecule has 0 N–H and O–H groups in total. The SMILES string of the molecule is Cc1cc2c3c(c1)N(c1cccc4c1oc1ccccc14)c1cc4c(cc1B3c1cc3c(cc1N2c1ccc2c(c1)C(C)(C)CCC2(C)C)C(C)(C)CCC3(C)C)C(C)(C)CCC4(C)C. The van der Waals surface area contributed by atoms with Crippen LogP contribution >= 0.6 is 0 Å². The molecule has 5 aliphatic rings. The van der Waals surface area contributed by atoms with E-state index in [1.165, 1.54) is 116 Å². The number of anilines is 6. The van der Waals surface area contributed by atoms with Crippen LogP contribution in [0.2, 0.25) is 0 Å². The van der Waals surface area contributed by atoms with Gasteiger partial charge in [0.1, 0.15) is 5.58 Å². The maximum Gasteiger partial charge on any atom is 0.252 e. The molecule has 7 aromatic rings. The zero-order valence-corrected chi connectivity index (χ0v) is 41.4. The number of benzene rings is 6. The summed E-state index contributed by atoms with van der Waals surface area (Å²) in [7, 11) is 0. The maximum absolute atomic E-state index is 6.97. The topological polar surface area (TPSA) is 19.6 Å². The lowest BCUT2D eigenvalue weighted by atomic mass is 9.32. The monoisotopic (exact) mass is 855 g/mol. The van der Waals surface area contributed by atoms with E-state index in [0.29, 0.717) is 0 Å². The van der Waals surface area contributed by atoms with Crippen LogP contribution in [0.4, 0.5) is 34.1 Å². The second-order valence-electron chi connectivity index (χ2n) is 25.0. The van der Waals surface area contributed by atoms with Crippen molar-refractivity contribution in [3.63, 3.8) is 0 Å². The molecule has 0 radical (unpaired) electrons. The number of furan rings is 1. The second kappa shape index (κ2) is 13.0. The lowest BCUT2D eigenvalue weighted by Crippen LogP contribution is -2.62.